The molecule has 0 saturated heterocycles. The smallest absolute Gasteiger partial charge is 0.272 e. The van der Waals surface area contributed by atoms with E-state index in [1.165, 1.54) is 13.2 Å². The molecule has 3 aromatic carbocycles. The lowest BCUT2D eigenvalue weighted by molar-refractivity contribution is -0.384. The molecular formula is C24H15Cl4N3O5. The predicted octanol–water partition coefficient (Wildman–Crippen LogP) is 7.34. The summed E-state index contributed by atoms with van der Waals surface area (Å²) in [6.07, 6.45) is 1.30. The van der Waals surface area contributed by atoms with Crippen LogP contribution in [0.25, 0.3) is 6.08 Å². The van der Waals surface area contributed by atoms with E-state index in [-0.39, 0.29) is 39.3 Å². The van der Waals surface area contributed by atoms with Crippen LogP contribution in [0, 0.1) is 21.4 Å². The molecule has 0 radical (unpaired) electrons. The number of halogens is 4. The molecule has 3 rings (SSSR count). The van der Waals surface area contributed by atoms with Crippen LogP contribution in [0.5, 0.6) is 11.5 Å². The molecule has 8 nitrogen and oxygen atoms in total. The first kappa shape index (κ1) is 27.1. The summed E-state index contributed by atoms with van der Waals surface area (Å²) in [6.45, 7) is 0.0974. The molecule has 0 aliphatic heterocycles. The Labute approximate surface area is 225 Å². The van der Waals surface area contributed by atoms with Crippen LogP contribution in [-0.4, -0.2) is 17.9 Å². The van der Waals surface area contributed by atoms with Crippen LogP contribution >= 0.6 is 46.4 Å². The van der Waals surface area contributed by atoms with Gasteiger partial charge in [-0.05, 0) is 29.8 Å². The van der Waals surface area contributed by atoms with E-state index >= 15 is 0 Å². The predicted molar refractivity (Wildman–Crippen MR) is 139 cm³/mol. The van der Waals surface area contributed by atoms with Gasteiger partial charge < -0.3 is 14.8 Å². The van der Waals surface area contributed by atoms with Gasteiger partial charge >= 0.3 is 0 Å². The summed E-state index contributed by atoms with van der Waals surface area (Å²) in [4.78, 5) is 23.1. The summed E-state index contributed by atoms with van der Waals surface area (Å²) in [6, 6.07) is 13.9. The first-order chi connectivity index (χ1) is 17.1. The Morgan fingerprint density at radius 3 is 2.36 bits per heavy atom. The highest BCUT2D eigenvalue weighted by atomic mass is 35.5. The summed E-state index contributed by atoms with van der Waals surface area (Å²) in [5.41, 5.74) is 0.372. The molecule has 3 aromatic rings. The molecule has 0 bridgehead atoms. The van der Waals surface area contributed by atoms with Gasteiger partial charge in [0.05, 0.1) is 37.8 Å². The largest absolute Gasteiger partial charge is 0.493 e. The molecule has 0 unspecified atom stereocenters. The van der Waals surface area contributed by atoms with Crippen LogP contribution in [0.2, 0.25) is 20.1 Å². The van der Waals surface area contributed by atoms with Crippen LogP contribution in [0.15, 0.2) is 54.1 Å². The van der Waals surface area contributed by atoms with Crippen molar-refractivity contribution >= 4 is 69.8 Å². The maximum atomic E-state index is 12.8. The summed E-state index contributed by atoms with van der Waals surface area (Å²) < 4.78 is 11.3. The van der Waals surface area contributed by atoms with Crippen molar-refractivity contribution < 1.29 is 19.2 Å². The molecule has 0 spiro atoms. The van der Waals surface area contributed by atoms with Gasteiger partial charge in [-0.25, -0.2) is 0 Å². The molecule has 12 heteroatoms. The molecule has 0 saturated carbocycles. The molecular weight excluding hydrogens is 552 g/mol. The number of nitrogens with zero attached hydrogens (tertiary/aromatic N) is 2. The number of rotatable bonds is 8. The minimum absolute atomic E-state index is 0.0724. The van der Waals surface area contributed by atoms with Gasteiger partial charge in [0.2, 0.25) is 0 Å². The second-order valence-electron chi connectivity index (χ2n) is 7.08. The lowest BCUT2D eigenvalue weighted by atomic mass is 10.1. The molecule has 184 valence electrons. The molecule has 0 atom stereocenters. The average Bonchev–Trinajstić information content (AvgIpc) is 2.85. The number of hydrogen-bond donors (Lipinski definition) is 1. The zero-order chi connectivity index (χ0) is 26.4. The second kappa shape index (κ2) is 12.0. The Morgan fingerprint density at radius 2 is 1.78 bits per heavy atom. The first-order valence-corrected chi connectivity index (χ1v) is 11.5. The molecule has 0 aromatic heterocycles. The summed E-state index contributed by atoms with van der Waals surface area (Å²) in [7, 11) is 1.45. The third-order valence-corrected chi connectivity index (χ3v) is 6.07. The van der Waals surface area contributed by atoms with E-state index in [9.17, 15) is 20.2 Å². The molecule has 0 fully saturated rings. The summed E-state index contributed by atoms with van der Waals surface area (Å²) in [5.74, 6) is -0.200. The van der Waals surface area contributed by atoms with Crippen LogP contribution in [0.4, 0.5) is 11.4 Å². The van der Waals surface area contributed by atoms with E-state index in [0.29, 0.717) is 21.4 Å². The third kappa shape index (κ3) is 6.39. The topological polar surface area (TPSA) is 114 Å². The van der Waals surface area contributed by atoms with E-state index in [0.717, 1.165) is 17.7 Å². The number of anilines is 1. The Hall–Kier alpha value is -3.48. The number of carbonyl (C=O) groups is 1. The van der Waals surface area contributed by atoms with Crippen LogP contribution in [0.1, 0.15) is 11.1 Å². The fourth-order valence-electron chi connectivity index (χ4n) is 3.02. The number of para-hydroxylation sites is 1. The number of nitrogens with one attached hydrogen (secondary N) is 1. The van der Waals surface area contributed by atoms with Crippen molar-refractivity contribution in [2.75, 3.05) is 12.4 Å². The number of amides is 1. The van der Waals surface area contributed by atoms with E-state index in [2.05, 4.69) is 5.32 Å². The number of hydrogen-bond acceptors (Lipinski definition) is 6. The zero-order valence-electron chi connectivity index (χ0n) is 18.4. The van der Waals surface area contributed by atoms with Gasteiger partial charge in [-0.15, -0.1) is 0 Å². The molecule has 1 amide bonds. The zero-order valence-corrected chi connectivity index (χ0v) is 21.4. The molecule has 36 heavy (non-hydrogen) atoms. The van der Waals surface area contributed by atoms with E-state index < -0.39 is 10.8 Å². The van der Waals surface area contributed by atoms with Crippen molar-refractivity contribution in [3.8, 4) is 17.6 Å². The van der Waals surface area contributed by atoms with Gasteiger partial charge in [0.25, 0.3) is 11.6 Å². The second-order valence-corrected chi connectivity index (χ2v) is 8.71. The van der Waals surface area contributed by atoms with Crippen molar-refractivity contribution in [3.63, 3.8) is 0 Å². The highest BCUT2D eigenvalue weighted by Gasteiger charge is 2.19. The van der Waals surface area contributed by atoms with Crippen molar-refractivity contribution in [1.29, 1.82) is 5.26 Å². The van der Waals surface area contributed by atoms with Crippen LogP contribution < -0.4 is 14.8 Å². The average molecular weight is 567 g/mol. The van der Waals surface area contributed by atoms with Gasteiger partial charge in [0, 0.05) is 17.7 Å². The molecule has 0 aliphatic carbocycles. The Balaban J connectivity index is 1.91. The van der Waals surface area contributed by atoms with Crippen molar-refractivity contribution in [2.45, 2.75) is 6.61 Å². The lowest BCUT2D eigenvalue weighted by Crippen LogP contribution is -2.14. The van der Waals surface area contributed by atoms with Gasteiger partial charge in [-0.1, -0.05) is 64.6 Å². The Kier molecular flexibility index (Phi) is 9.02. The minimum atomic E-state index is -0.839. The number of nitro benzene ring substituents is 1. The maximum Gasteiger partial charge on any atom is 0.272 e. The Morgan fingerprint density at radius 1 is 1.08 bits per heavy atom. The SMILES string of the molecule is COc1cccc(/C=C(\C#N)C(=O)Nc2c(Cl)cc([N+](=O)[O-])cc2Cl)c1OCc1ccc(Cl)c(Cl)c1. The van der Waals surface area contributed by atoms with Crippen molar-refractivity contribution in [2.24, 2.45) is 0 Å². The molecule has 0 heterocycles. The fraction of sp³-hybridized carbons (Fsp3) is 0.0833. The number of nitriles is 1. The number of carbonyl (C=O) groups excluding carboxylic acids is 1. The van der Waals surface area contributed by atoms with Crippen LogP contribution in [0.3, 0.4) is 0 Å². The highest BCUT2D eigenvalue weighted by Crippen LogP contribution is 2.36. The van der Waals surface area contributed by atoms with Gasteiger partial charge in [-0.3, -0.25) is 14.9 Å². The van der Waals surface area contributed by atoms with Gasteiger partial charge in [0.15, 0.2) is 11.5 Å². The number of ether oxygens (including phenoxy) is 2. The monoisotopic (exact) mass is 565 g/mol. The standard InChI is InChI=1S/C24H15Cl4N3O5/c1-35-21-4-2-3-14(23(21)36-12-13-5-6-17(25)18(26)7-13)8-15(11-29)24(32)30-22-19(27)9-16(31(33)34)10-20(22)28/h2-10H,12H2,1H3,(H,30,32)/b15-8+. The fourth-order valence-corrected chi connectivity index (χ4v) is 3.91. The first-order valence-electron chi connectivity index (χ1n) is 9.95. The van der Waals surface area contributed by atoms with Gasteiger partial charge in [0.1, 0.15) is 18.2 Å². The molecule has 0 aliphatic rings. The van der Waals surface area contributed by atoms with Crippen LogP contribution in [-0.2, 0) is 11.4 Å². The minimum Gasteiger partial charge on any atom is -0.493 e. The number of benzene rings is 3. The van der Waals surface area contributed by atoms with Gasteiger partial charge in [-0.2, -0.15) is 5.26 Å². The van der Waals surface area contributed by atoms with Crippen molar-refractivity contribution in [1.82, 2.24) is 0 Å². The summed E-state index contributed by atoms with van der Waals surface area (Å²) >= 11 is 24.1. The van der Waals surface area contributed by atoms with Crippen molar-refractivity contribution in [3.05, 3.63) is 95.4 Å². The quantitative estimate of drug-likeness (QED) is 0.132. The number of methoxy groups -OCH3 is 1. The third-order valence-electron chi connectivity index (χ3n) is 4.74. The summed E-state index contributed by atoms with van der Waals surface area (Å²) in [5, 5.41) is 23.5. The van der Waals surface area contributed by atoms with E-state index in [4.69, 9.17) is 55.9 Å². The number of nitro groups is 1. The van der Waals surface area contributed by atoms with E-state index in [1.807, 2.05) is 6.07 Å². The normalized spacial score (nSPS) is 10.9. The lowest BCUT2D eigenvalue weighted by Gasteiger charge is -2.14. The van der Waals surface area contributed by atoms with E-state index in [1.54, 1.807) is 36.4 Å². The maximum absolute atomic E-state index is 12.8. The highest BCUT2D eigenvalue weighted by molar-refractivity contribution is 6.42. The Bertz CT molecular complexity index is 1400. The molecule has 1 N–H and O–H groups in total. The number of non-ortho nitro benzene ring substituents is 1.